The average molecular weight is 473 g/mol. The van der Waals surface area contributed by atoms with Gasteiger partial charge in [0.1, 0.15) is 17.8 Å². The van der Waals surface area contributed by atoms with Crippen molar-refractivity contribution in [3.8, 4) is 11.5 Å². The second-order valence-corrected chi connectivity index (χ2v) is 7.26. The van der Waals surface area contributed by atoms with E-state index in [1.165, 1.54) is 11.1 Å². The highest BCUT2D eigenvalue weighted by molar-refractivity contribution is 5.74. The molecule has 7 nitrogen and oxygen atoms in total. The molecule has 0 fully saturated rings. The zero-order chi connectivity index (χ0) is 25.1. The molecule has 0 saturated heterocycles. The highest BCUT2D eigenvalue weighted by Crippen LogP contribution is 2.11. The van der Waals surface area contributed by atoms with Crippen LogP contribution in [0.2, 0.25) is 0 Å². The summed E-state index contributed by atoms with van der Waals surface area (Å²) < 4.78 is 10.0. The molecule has 0 aliphatic heterocycles. The fourth-order valence-electron chi connectivity index (χ4n) is 2.80. The summed E-state index contributed by atoms with van der Waals surface area (Å²) >= 11 is 0. The van der Waals surface area contributed by atoms with E-state index in [1.54, 1.807) is 50.9 Å². The number of carbonyl (C=O) groups is 1. The third-order valence-electron chi connectivity index (χ3n) is 4.80. The van der Waals surface area contributed by atoms with Crippen LogP contribution in [0.4, 0.5) is 0 Å². The molecule has 182 valence electrons. The molecule has 0 saturated carbocycles. The molecule has 0 bridgehead atoms. The van der Waals surface area contributed by atoms with Gasteiger partial charge in [0, 0.05) is 50.0 Å². The van der Waals surface area contributed by atoms with Gasteiger partial charge < -0.3 is 20.5 Å². The van der Waals surface area contributed by atoms with Crippen LogP contribution in [0.1, 0.15) is 27.0 Å². The highest BCUT2D eigenvalue weighted by atomic mass is 16.5. The quantitative estimate of drug-likeness (QED) is 0.366. The van der Waals surface area contributed by atoms with Gasteiger partial charge in [-0.2, -0.15) is 0 Å². The van der Waals surface area contributed by atoms with Crippen LogP contribution < -0.4 is 20.5 Å². The van der Waals surface area contributed by atoms with E-state index in [1.807, 2.05) is 48.8 Å². The van der Waals surface area contributed by atoms with E-state index in [0.717, 1.165) is 36.4 Å². The second kappa shape index (κ2) is 16.5. The number of carbonyl (C=O) groups excluding carboxylic acids is 1. The molecule has 4 rings (SSSR count). The molecular formula is C28H32N4O3. The van der Waals surface area contributed by atoms with E-state index >= 15 is 0 Å². The molecule has 2 aromatic carbocycles. The molecule has 0 atom stereocenters. The number of nitrogens with two attached hydrogens (primary N) is 1. The van der Waals surface area contributed by atoms with Crippen LogP contribution >= 0.6 is 0 Å². The van der Waals surface area contributed by atoms with Crippen molar-refractivity contribution < 1.29 is 14.3 Å². The van der Waals surface area contributed by atoms with Crippen LogP contribution in [0.3, 0.4) is 0 Å². The third kappa shape index (κ3) is 11.1. The molecule has 35 heavy (non-hydrogen) atoms. The zero-order valence-electron chi connectivity index (χ0n) is 20.1. The number of pyridine rings is 2. The first kappa shape index (κ1) is 27.2. The number of benzene rings is 2. The predicted molar refractivity (Wildman–Crippen MR) is 138 cm³/mol. The highest BCUT2D eigenvalue weighted by Gasteiger charge is 1.95. The molecule has 4 aromatic rings. The van der Waals surface area contributed by atoms with Gasteiger partial charge in [-0.05, 0) is 77.4 Å². The lowest BCUT2D eigenvalue weighted by atomic mass is 10.2. The van der Waals surface area contributed by atoms with Crippen LogP contribution in [0.25, 0.3) is 0 Å². The minimum atomic E-state index is 0.600. The molecular weight excluding hydrogens is 440 g/mol. The average Bonchev–Trinajstić information content (AvgIpc) is 2.95. The Labute approximate surface area is 207 Å². The Morgan fingerprint density at radius 2 is 1.11 bits per heavy atom. The van der Waals surface area contributed by atoms with Crippen molar-refractivity contribution in [2.75, 3.05) is 14.2 Å². The smallest absolute Gasteiger partial charge is 0.150 e. The predicted octanol–water partition coefficient (Wildman–Crippen LogP) is 4.43. The lowest BCUT2D eigenvalue weighted by Gasteiger charge is -2.06. The van der Waals surface area contributed by atoms with Crippen molar-refractivity contribution in [3.63, 3.8) is 0 Å². The van der Waals surface area contributed by atoms with Crippen molar-refractivity contribution in [2.24, 2.45) is 5.73 Å². The van der Waals surface area contributed by atoms with Gasteiger partial charge in [-0.25, -0.2) is 0 Å². The summed E-state index contributed by atoms with van der Waals surface area (Å²) in [5, 5.41) is 3.39. The Morgan fingerprint density at radius 1 is 0.686 bits per heavy atom. The Bertz CT molecular complexity index is 1070. The van der Waals surface area contributed by atoms with Crippen LogP contribution in [0.15, 0.2) is 97.6 Å². The zero-order valence-corrected chi connectivity index (χ0v) is 20.1. The minimum absolute atomic E-state index is 0.600. The first-order valence-corrected chi connectivity index (χ1v) is 11.1. The van der Waals surface area contributed by atoms with Gasteiger partial charge in [0.25, 0.3) is 0 Å². The van der Waals surface area contributed by atoms with E-state index in [2.05, 4.69) is 27.4 Å². The normalized spacial score (nSPS) is 9.57. The first-order valence-electron chi connectivity index (χ1n) is 11.1. The van der Waals surface area contributed by atoms with E-state index in [-0.39, 0.29) is 0 Å². The molecule has 0 unspecified atom stereocenters. The summed E-state index contributed by atoms with van der Waals surface area (Å²) in [6, 6.07) is 22.9. The molecule has 0 aliphatic rings. The molecule has 0 spiro atoms. The third-order valence-corrected chi connectivity index (χ3v) is 4.80. The molecule has 7 heteroatoms. The summed E-state index contributed by atoms with van der Waals surface area (Å²) in [4.78, 5) is 18.0. The number of ether oxygens (including phenoxy) is 2. The topological polar surface area (TPSA) is 99.4 Å². The standard InChI is InChI=1S/C14H16N2O.C8H8O2.C6H8N2/c1-17-14-4-2-12(3-5-14)10-16-11-13-6-8-15-9-7-13;1-10-8-4-2-7(6-9)3-5-8;7-5-6-1-3-8-4-2-6/h2-9,16H,10-11H2,1H3;2-6H,1H3;1-4H,5,7H2. The van der Waals surface area contributed by atoms with Crippen molar-refractivity contribution in [1.82, 2.24) is 15.3 Å². The number of nitrogens with one attached hydrogen (secondary N) is 1. The molecule has 0 radical (unpaired) electrons. The maximum absolute atomic E-state index is 10.2. The Morgan fingerprint density at radius 3 is 1.51 bits per heavy atom. The van der Waals surface area contributed by atoms with Crippen molar-refractivity contribution >= 4 is 6.29 Å². The number of nitrogens with zero attached hydrogens (tertiary/aromatic N) is 2. The van der Waals surface area contributed by atoms with Crippen LogP contribution in [0.5, 0.6) is 11.5 Å². The summed E-state index contributed by atoms with van der Waals surface area (Å²) in [7, 11) is 3.27. The monoisotopic (exact) mass is 472 g/mol. The SMILES string of the molecule is COc1ccc(C=O)cc1.COc1ccc(CNCc2ccncc2)cc1.NCc1ccncc1. The van der Waals surface area contributed by atoms with Gasteiger partial charge in [-0.15, -0.1) is 0 Å². The van der Waals surface area contributed by atoms with Gasteiger partial charge in [0.15, 0.2) is 0 Å². The first-order chi connectivity index (χ1) is 17.2. The Balaban J connectivity index is 0.000000204. The number of aldehydes is 1. The minimum Gasteiger partial charge on any atom is -0.497 e. The fourth-order valence-corrected chi connectivity index (χ4v) is 2.80. The maximum Gasteiger partial charge on any atom is 0.150 e. The Kier molecular flexibility index (Phi) is 12.8. The lowest BCUT2D eigenvalue weighted by molar-refractivity contribution is 0.112. The summed E-state index contributed by atoms with van der Waals surface area (Å²) in [5.74, 6) is 1.66. The van der Waals surface area contributed by atoms with Gasteiger partial charge in [-0.1, -0.05) is 12.1 Å². The van der Waals surface area contributed by atoms with Crippen molar-refractivity contribution in [1.29, 1.82) is 0 Å². The second-order valence-electron chi connectivity index (χ2n) is 7.26. The number of hydrogen-bond acceptors (Lipinski definition) is 7. The van der Waals surface area contributed by atoms with E-state index < -0.39 is 0 Å². The summed E-state index contributed by atoms with van der Waals surface area (Å²) in [5.41, 5.74) is 9.61. The molecule has 0 aliphatic carbocycles. The number of rotatable bonds is 8. The maximum atomic E-state index is 10.2. The van der Waals surface area contributed by atoms with Gasteiger partial charge >= 0.3 is 0 Å². The van der Waals surface area contributed by atoms with E-state index in [0.29, 0.717) is 12.1 Å². The largest absolute Gasteiger partial charge is 0.497 e. The molecule has 2 aromatic heterocycles. The Hall–Kier alpha value is -4.07. The molecule has 0 amide bonds. The van der Waals surface area contributed by atoms with E-state index in [9.17, 15) is 4.79 Å². The number of methoxy groups -OCH3 is 2. The molecule has 3 N–H and O–H groups in total. The molecule has 2 heterocycles. The fraction of sp³-hybridized carbons (Fsp3) is 0.179. The summed E-state index contributed by atoms with van der Waals surface area (Å²) in [6.45, 7) is 2.31. The summed E-state index contributed by atoms with van der Waals surface area (Å²) in [6.07, 6.45) is 7.90. The number of aromatic nitrogens is 2. The van der Waals surface area contributed by atoms with Gasteiger partial charge in [-0.3, -0.25) is 14.8 Å². The van der Waals surface area contributed by atoms with E-state index in [4.69, 9.17) is 15.2 Å². The van der Waals surface area contributed by atoms with Crippen LogP contribution in [-0.2, 0) is 19.6 Å². The van der Waals surface area contributed by atoms with Crippen LogP contribution in [-0.4, -0.2) is 30.5 Å². The van der Waals surface area contributed by atoms with Gasteiger partial charge in [0.05, 0.1) is 14.2 Å². The van der Waals surface area contributed by atoms with Gasteiger partial charge in [0.2, 0.25) is 0 Å². The lowest BCUT2D eigenvalue weighted by Crippen LogP contribution is -2.12. The van der Waals surface area contributed by atoms with Crippen molar-refractivity contribution in [2.45, 2.75) is 19.6 Å². The van der Waals surface area contributed by atoms with Crippen LogP contribution in [0, 0.1) is 0 Å². The van der Waals surface area contributed by atoms with Crippen molar-refractivity contribution in [3.05, 3.63) is 120 Å². The number of hydrogen-bond donors (Lipinski definition) is 2.